The zero-order valence-electron chi connectivity index (χ0n) is 9.72. The van der Waals surface area contributed by atoms with Gasteiger partial charge in [-0.25, -0.2) is 8.78 Å². The molecule has 0 saturated heterocycles. The van der Waals surface area contributed by atoms with Gasteiger partial charge in [0.25, 0.3) is 6.43 Å². The third kappa shape index (κ3) is 3.15. The first-order valence-corrected chi connectivity index (χ1v) is 5.50. The number of alkyl halides is 5. The first kappa shape index (κ1) is 13.6. The van der Waals surface area contributed by atoms with Gasteiger partial charge in [0.1, 0.15) is 0 Å². The molecule has 2 nitrogen and oxygen atoms in total. The first-order chi connectivity index (χ1) is 8.88. The third-order valence-corrected chi connectivity index (χ3v) is 2.78. The highest BCUT2D eigenvalue weighted by Gasteiger charge is 2.31. The van der Waals surface area contributed by atoms with Crippen LogP contribution in [0.2, 0.25) is 0 Å². The first-order valence-electron chi connectivity index (χ1n) is 5.50. The minimum atomic E-state index is -4.53. The Morgan fingerprint density at radius 3 is 2.53 bits per heavy atom. The van der Waals surface area contributed by atoms with Gasteiger partial charge in [0.05, 0.1) is 12.2 Å². The summed E-state index contributed by atoms with van der Waals surface area (Å²) in [5.74, 6) is 0. The molecular formula is C12H11F5N2. The van der Waals surface area contributed by atoms with E-state index < -0.39 is 18.2 Å². The molecule has 1 heterocycles. The Hall–Kier alpha value is -1.79. The van der Waals surface area contributed by atoms with E-state index in [1.54, 1.807) is 17.3 Å². The van der Waals surface area contributed by atoms with E-state index in [2.05, 4.69) is 5.32 Å². The minimum absolute atomic E-state index is 0.00704. The van der Waals surface area contributed by atoms with Crippen LogP contribution in [-0.2, 0) is 12.7 Å². The topological polar surface area (TPSA) is 15.3 Å². The third-order valence-electron chi connectivity index (χ3n) is 2.78. The molecule has 1 aliphatic heterocycles. The van der Waals surface area contributed by atoms with Crippen LogP contribution in [0.5, 0.6) is 0 Å². The summed E-state index contributed by atoms with van der Waals surface area (Å²) < 4.78 is 63.4. The van der Waals surface area contributed by atoms with Crippen LogP contribution in [0.4, 0.5) is 22.0 Å². The number of nitrogens with zero attached hydrogens (tertiary/aromatic N) is 1. The molecule has 1 aromatic carbocycles. The van der Waals surface area contributed by atoms with E-state index >= 15 is 0 Å². The Morgan fingerprint density at radius 2 is 2.00 bits per heavy atom. The lowest BCUT2D eigenvalue weighted by Crippen LogP contribution is -2.21. The number of rotatable bonds is 3. The summed E-state index contributed by atoms with van der Waals surface area (Å²) in [4.78, 5) is 1.61. The van der Waals surface area contributed by atoms with E-state index in [-0.39, 0.29) is 17.7 Å². The summed E-state index contributed by atoms with van der Waals surface area (Å²) in [7, 11) is 0. The molecule has 0 fully saturated rings. The van der Waals surface area contributed by atoms with Crippen molar-refractivity contribution in [1.29, 1.82) is 0 Å². The van der Waals surface area contributed by atoms with Crippen molar-refractivity contribution in [2.75, 3.05) is 6.67 Å². The lowest BCUT2D eigenvalue weighted by Gasteiger charge is -2.19. The molecule has 0 amide bonds. The van der Waals surface area contributed by atoms with Crippen molar-refractivity contribution in [3.05, 3.63) is 47.3 Å². The normalized spacial score (nSPS) is 15.2. The van der Waals surface area contributed by atoms with E-state index in [0.29, 0.717) is 12.7 Å². The van der Waals surface area contributed by atoms with Crippen molar-refractivity contribution in [3.8, 4) is 0 Å². The van der Waals surface area contributed by atoms with Gasteiger partial charge in [-0.05, 0) is 17.7 Å². The number of hydrogen-bond acceptors (Lipinski definition) is 2. The summed E-state index contributed by atoms with van der Waals surface area (Å²) >= 11 is 0. The molecule has 19 heavy (non-hydrogen) atoms. The average Bonchev–Trinajstić information content (AvgIpc) is 2.80. The molecular weight excluding hydrogens is 267 g/mol. The van der Waals surface area contributed by atoms with Crippen molar-refractivity contribution in [3.63, 3.8) is 0 Å². The maximum Gasteiger partial charge on any atom is 0.416 e. The van der Waals surface area contributed by atoms with Crippen LogP contribution in [0.25, 0.3) is 0 Å². The molecule has 0 spiro atoms. The number of nitrogens with one attached hydrogen (secondary N) is 1. The summed E-state index contributed by atoms with van der Waals surface area (Å²) in [5, 5.41) is 2.82. The molecule has 104 valence electrons. The second-order valence-corrected chi connectivity index (χ2v) is 4.14. The van der Waals surface area contributed by atoms with Crippen molar-refractivity contribution >= 4 is 0 Å². The Kier molecular flexibility index (Phi) is 3.64. The molecule has 0 aliphatic carbocycles. The molecule has 0 bridgehead atoms. The van der Waals surface area contributed by atoms with Crippen LogP contribution in [0.15, 0.2) is 30.6 Å². The SMILES string of the molecule is FC(F)c1ccc(C(F)(F)F)cc1CN1C=CNC1. The Balaban J connectivity index is 2.33. The molecule has 1 aliphatic rings. The summed E-state index contributed by atoms with van der Waals surface area (Å²) in [6.45, 7) is 0.395. The van der Waals surface area contributed by atoms with Crippen LogP contribution in [-0.4, -0.2) is 11.6 Å². The smallest absolute Gasteiger partial charge is 0.373 e. The Bertz CT molecular complexity index is 481. The maximum atomic E-state index is 12.8. The highest BCUT2D eigenvalue weighted by molar-refractivity contribution is 5.34. The lowest BCUT2D eigenvalue weighted by molar-refractivity contribution is -0.137. The van der Waals surface area contributed by atoms with Crippen molar-refractivity contribution in [2.24, 2.45) is 0 Å². The molecule has 7 heteroatoms. The van der Waals surface area contributed by atoms with Gasteiger partial charge in [-0.15, -0.1) is 0 Å². The van der Waals surface area contributed by atoms with E-state index in [1.165, 1.54) is 0 Å². The van der Waals surface area contributed by atoms with Crippen LogP contribution in [0.1, 0.15) is 23.1 Å². The van der Waals surface area contributed by atoms with Crippen molar-refractivity contribution in [1.82, 2.24) is 10.2 Å². The largest absolute Gasteiger partial charge is 0.416 e. The van der Waals surface area contributed by atoms with Gasteiger partial charge in [0.2, 0.25) is 0 Å². The highest BCUT2D eigenvalue weighted by atomic mass is 19.4. The van der Waals surface area contributed by atoms with E-state index in [9.17, 15) is 22.0 Å². The molecule has 0 atom stereocenters. The van der Waals surface area contributed by atoms with Crippen LogP contribution >= 0.6 is 0 Å². The van der Waals surface area contributed by atoms with Gasteiger partial charge < -0.3 is 10.2 Å². The van der Waals surface area contributed by atoms with Gasteiger partial charge >= 0.3 is 6.18 Å². The number of halogens is 5. The minimum Gasteiger partial charge on any atom is -0.373 e. The van der Waals surface area contributed by atoms with Gasteiger partial charge in [-0.2, -0.15) is 13.2 Å². The second kappa shape index (κ2) is 5.07. The molecule has 2 rings (SSSR count). The fourth-order valence-corrected chi connectivity index (χ4v) is 1.84. The lowest BCUT2D eigenvalue weighted by atomic mass is 10.0. The molecule has 0 aromatic heterocycles. The van der Waals surface area contributed by atoms with Crippen molar-refractivity contribution in [2.45, 2.75) is 19.1 Å². The molecule has 0 radical (unpaired) electrons. The van der Waals surface area contributed by atoms with E-state index in [0.717, 1.165) is 12.1 Å². The van der Waals surface area contributed by atoms with Crippen LogP contribution in [0, 0.1) is 0 Å². The van der Waals surface area contributed by atoms with Gasteiger partial charge in [-0.3, -0.25) is 0 Å². The van der Waals surface area contributed by atoms with Gasteiger partial charge in [0.15, 0.2) is 0 Å². The summed E-state index contributed by atoms with van der Waals surface area (Å²) in [5.41, 5.74) is -1.30. The molecule has 0 saturated carbocycles. The monoisotopic (exact) mass is 278 g/mol. The fourth-order valence-electron chi connectivity index (χ4n) is 1.84. The predicted molar refractivity (Wildman–Crippen MR) is 59.1 cm³/mol. The Labute approximate surface area is 106 Å². The average molecular weight is 278 g/mol. The molecule has 1 aromatic rings. The molecule has 1 N–H and O–H groups in total. The van der Waals surface area contributed by atoms with Crippen LogP contribution in [0.3, 0.4) is 0 Å². The van der Waals surface area contributed by atoms with Gasteiger partial charge in [-0.1, -0.05) is 6.07 Å². The summed E-state index contributed by atoms with van der Waals surface area (Å²) in [6, 6.07) is 2.31. The molecule has 0 unspecified atom stereocenters. The van der Waals surface area contributed by atoms with Gasteiger partial charge in [0, 0.05) is 24.5 Å². The Morgan fingerprint density at radius 1 is 1.26 bits per heavy atom. The number of hydrogen-bond donors (Lipinski definition) is 1. The van der Waals surface area contributed by atoms with Crippen molar-refractivity contribution < 1.29 is 22.0 Å². The second-order valence-electron chi connectivity index (χ2n) is 4.14. The zero-order chi connectivity index (χ0) is 14.0. The standard InChI is InChI=1S/C12H11F5N2/c13-11(14)10-2-1-9(12(15,16)17)5-8(10)6-19-4-3-18-7-19/h1-5,11,18H,6-7H2. The van der Waals surface area contributed by atoms with E-state index in [4.69, 9.17) is 0 Å². The number of benzene rings is 1. The fraction of sp³-hybridized carbons (Fsp3) is 0.333. The quantitative estimate of drug-likeness (QED) is 0.852. The maximum absolute atomic E-state index is 12.8. The highest BCUT2D eigenvalue weighted by Crippen LogP contribution is 2.33. The van der Waals surface area contributed by atoms with Crippen LogP contribution < -0.4 is 5.32 Å². The predicted octanol–water partition coefficient (Wildman–Crippen LogP) is 3.48. The summed E-state index contributed by atoms with van der Waals surface area (Å²) in [6.07, 6.45) is -4.11. The zero-order valence-corrected chi connectivity index (χ0v) is 9.72. The van der Waals surface area contributed by atoms with E-state index in [1.807, 2.05) is 0 Å².